The highest BCUT2D eigenvalue weighted by atomic mass is 19.2. The summed E-state index contributed by atoms with van der Waals surface area (Å²) >= 11 is 0. The van der Waals surface area contributed by atoms with Crippen molar-refractivity contribution in [2.45, 2.75) is 96.3 Å². The van der Waals surface area contributed by atoms with Crippen molar-refractivity contribution in [3.63, 3.8) is 0 Å². The number of unbranched alkanes of at least 4 members (excludes halogenated alkanes) is 3. The molecule has 3 heteroatoms. The van der Waals surface area contributed by atoms with Crippen LogP contribution in [0.4, 0.5) is 8.78 Å². The molecule has 1 aromatic rings. The standard InChI is InChI=1S/C27H40F2O/c1-3-5-6-7-8-20-9-11-21(12-10-20)22-13-15-23(16-14-22)24-17-18-25(30-19-4-2)27(29)26(24)28/h4,17-18,20-23H,2-3,5-16,19H2,1H3. The summed E-state index contributed by atoms with van der Waals surface area (Å²) in [5.74, 6) is 1.14. The fraction of sp³-hybridized carbons (Fsp3) is 0.704. The molecule has 2 aliphatic rings. The number of rotatable bonds is 10. The van der Waals surface area contributed by atoms with Gasteiger partial charge in [0.05, 0.1) is 0 Å². The Labute approximate surface area is 182 Å². The molecule has 2 saturated carbocycles. The van der Waals surface area contributed by atoms with Crippen LogP contribution in [0.2, 0.25) is 0 Å². The van der Waals surface area contributed by atoms with Crippen molar-refractivity contribution in [3.8, 4) is 5.75 Å². The fourth-order valence-electron chi connectivity index (χ4n) is 5.83. The van der Waals surface area contributed by atoms with Gasteiger partial charge < -0.3 is 4.74 Å². The van der Waals surface area contributed by atoms with Gasteiger partial charge in [0.25, 0.3) is 0 Å². The maximum Gasteiger partial charge on any atom is 0.200 e. The van der Waals surface area contributed by atoms with E-state index in [2.05, 4.69) is 13.5 Å². The van der Waals surface area contributed by atoms with Crippen molar-refractivity contribution in [1.29, 1.82) is 0 Å². The van der Waals surface area contributed by atoms with Crippen LogP contribution < -0.4 is 4.74 Å². The molecule has 1 aromatic carbocycles. The van der Waals surface area contributed by atoms with Gasteiger partial charge in [-0.05, 0) is 73.8 Å². The minimum atomic E-state index is -0.853. The molecule has 30 heavy (non-hydrogen) atoms. The third-order valence-electron chi connectivity index (χ3n) is 7.67. The minimum absolute atomic E-state index is 0.0173. The summed E-state index contributed by atoms with van der Waals surface area (Å²) in [6.07, 6.45) is 18.3. The van der Waals surface area contributed by atoms with Crippen molar-refractivity contribution in [2.75, 3.05) is 6.61 Å². The topological polar surface area (TPSA) is 9.23 Å². The monoisotopic (exact) mass is 418 g/mol. The molecular formula is C27H40F2O. The normalized spacial score (nSPS) is 27.0. The number of hydrogen-bond donors (Lipinski definition) is 0. The van der Waals surface area contributed by atoms with Gasteiger partial charge in [-0.2, -0.15) is 4.39 Å². The van der Waals surface area contributed by atoms with Crippen molar-refractivity contribution in [1.82, 2.24) is 0 Å². The molecule has 1 nitrogen and oxygen atoms in total. The molecule has 0 radical (unpaired) electrons. The Hall–Kier alpha value is -1.38. The molecule has 168 valence electrons. The lowest BCUT2D eigenvalue weighted by Crippen LogP contribution is -2.25. The lowest BCUT2D eigenvalue weighted by Gasteiger charge is -2.38. The third-order valence-corrected chi connectivity index (χ3v) is 7.67. The Morgan fingerprint density at radius 1 is 0.900 bits per heavy atom. The van der Waals surface area contributed by atoms with E-state index in [1.165, 1.54) is 63.9 Å². The highest BCUT2D eigenvalue weighted by Gasteiger charge is 2.32. The van der Waals surface area contributed by atoms with E-state index in [-0.39, 0.29) is 18.3 Å². The quantitative estimate of drug-likeness (QED) is 0.273. The molecule has 0 bridgehead atoms. The molecule has 0 unspecified atom stereocenters. The molecule has 0 saturated heterocycles. The summed E-state index contributed by atoms with van der Waals surface area (Å²) in [5.41, 5.74) is 0.535. The van der Waals surface area contributed by atoms with Gasteiger partial charge in [0, 0.05) is 0 Å². The lowest BCUT2D eigenvalue weighted by atomic mass is 9.68. The third kappa shape index (κ3) is 6.08. The van der Waals surface area contributed by atoms with Crippen molar-refractivity contribution >= 4 is 0 Å². The summed E-state index contributed by atoms with van der Waals surface area (Å²) in [6.45, 7) is 6.01. The molecule has 0 heterocycles. The van der Waals surface area contributed by atoms with Crippen LogP contribution in [0.1, 0.15) is 102 Å². The van der Waals surface area contributed by atoms with Gasteiger partial charge in [-0.25, -0.2) is 4.39 Å². The highest BCUT2D eigenvalue weighted by molar-refractivity contribution is 5.33. The van der Waals surface area contributed by atoms with E-state index in [4.69, 9.17) is 4.74 Å². The van der Waals surface area contributed by atoms with E-state index >= 15 is 0 Å². The number of benzene rings is 1. The molecule has 0 aliphatic heterocycles. The Kier molecular flexibility index (Phi) is 9.21. The number of ether oxygens (including phenoxy) is 1. The first-order valence-electron chi connectivity index (χ1n) is 12.4. The number of hydrogen-bond acceptors (Lipinski definition) is 1. The average Bonchev–Trinajstić information content (AvgIpc) is 2.78. The maximum absolute atomic E-state index is 14.6. The predicted molar refractivity (Wildman–Crippen MR) is 121 cm³/mol. The van der Waals surface area contributed by atoms with E-state index in [0.717, 1.165) is 43.4 Å². The van der Waals surface area contributed by atoms with Gasteiger partial charge in [-0.3, -0.25) is 0 Å². The van der Waals surface area contributed by atoms with Crippen LogP contribution in [0, 0.1) is 29.4 Å². The van der Waals surface area contributed by atoms with Gasteiger partial charge in [0.1, 0.15) is 6.61 Å². The van der Waals surface area contributed by atoms with Crippen LogP contribution in [0.3, 0.4) is 0 Å². The molecule has 0 aromatic heterocycles. The first-order chi connectivity index (χ1) is 14.6. The molecule has 2 aliphatic carbocycles. The molecule has 2 fully saturated rings. The Bertz CT molecular complexity index is 655. The first kappa shape index (κ1) is 23.3. The van der Waals surface area contributed by atoms with E-state index in [0.29, 0.717) is 5.56 Å². The molecule has 0 atom stereocenters. The molecular weight excluding hydrogens is 378 g/mol. The molecule has 0 amide bonds. The van der Waals surface area contributed by atoms with Crippen molar-refractivity contribution in [2.24, 2.45) is 17.8 Å². The van der Waals surface area contributed by atoms with Crippen LogP contribution >= 0.6 is 0 Å². The highest BCUT2D eigenvalue weighted by Crippen LogP contribution is 2.45. The van der Waals surface area contributed by atoms with Crippen molar-refractivity contribution < 1.29 is 13.5 Å². The van der Waals surface area contributed by atoms with E-state index < -0.39 is 11.6 Å². The van der Waals surface area contributed by atoms with Crippen LogP contribution in [0.25, 0.3) is 0 Å². The zero-order valence-electron chi connectivity index (χ0n) is 18.8. The Balaban J connectivity index is 1.45. The van der Waals surface area contributed by atoms with Gasteiger partial charge in [-0.15, -0.1) is 0 Å². The maximum atomic E-state index is 14.6. The van der Waals surface area contributed by atoms with E-state index in [9.17, 15) is 8.78 Å². The van der Waals surface area contributed by atoms with Gasteiger partial charge in [-0.1, -0.05) is 70.6 Å². The van der Waals surface area contributed by atoms with Gasteiger partial charge >= 0.3 is 0 Å². The van der Waals surface area contributed by atoms with Crippen molar-refractivity contribution in [3.05, 3.63) is 42.0 Å². The zero-order valence-corrected chi connectivity index (χ0v) is 18.8. The zero-order chi connectivity index (χ0) is 21.3. The second-order valence-electron chi connectivity index (χ2n) is 9.62. The summed E-state index contributed by atoms with van der Waals surface area (Å²) in [6, 6.07) is 3.30. The van der Waals surface area contributed by atoms with E-state index in [1.807, 2.05) is 0 Å². The summed E-state index contributed by atoms with van der Waals surface area (Å²) in [4.78, 5) is 0. The fourth-order valence-corrected chi connectivity index (χ4v) is 5.83. The van der Waals surface area contributed by atoms with Crippen LogP contribution in [-0.4, -0.2) is 6.61 Å². The Morgan fingerprint density at radius 2 is 1.57 bits per heavy atom. The summed E-state index contributed by atoms with van der Waals surface area (Å²) in [7, 11) is 0. The second-order valence-corrected chi connectivity index (χ2v) is 9.62. The second kappa shape index (κ2) is 11.9. The van der Waals surface area contributed by atoms with Crippen LogP contribution in [0.5, 0.6) is 5.75 Å². The lowest BCUT2D eigenvalue weighted by molar-refractivity contribution is 0.155. The predicted octanol–water partition coefficient (Wildman–Crippen LogP) is 8.58. The summed E-state index contributed by atoms with van der Waals surface area (Å²) in [5, 5.41) is 0. The van der Waals surface area contributed by atoms with Crippen LogP contribution in [-0.2, 0) is 0 Å². The largest absolute Gasteiger partial charge is 0.486 e. The summed E-state index contributed by atoms with van der Waals surface area (Å²) < 4.78 is 34.2. The SMILES string of the molecule is C=CCOc1ccc(C2CCC(C3CCC(CCCCCC)CC3)CC2)c(F)c1F. The van der Waals surface area contributed by atoms with Gasteiger partial charge in [0.2, 0.25) is 5.82 Å². The average molecular weight is 419 g/mol. The Morgan fingerprint density at radius 3 is 2.20 bits per heavy atom. The van der Waals surface area contributed by atoms with E-state index in [1.54, 1.807) is 12.1 Å². The van der Waals surface area contributed by atoms with Crippen LogP contribution in [0.15, 0.2) is 24.8 Å². The number of halogens is 2. The minimum Gasteiger partial charge on any atom is -0.486 e. The molecule has 3 rings (SSSR count). The molecule has 0 spiro atoms. The first-order valence-corrected chi connectivity index (χ1v) is 12.4. The van der Waals surface area contributed by atoms with Gasteiger partial charge in [0.15, 0.2) is 11.6 Å². The molecule has 0 N–H and O–H groups in total. The smallest absolute Gasteiger partial charge is 0.200 e.